The number of urea groups is 1. The molecule has 3 heterocycles. The van der Waals surface area contributed by atoms with Crippen LogP contribution in [0.4, 0.5) is 4.79 Å². The molecule has 0 radical (unpaired) electrons. The fourth-order valence-corrected chi connectivity index (χ4v) is 4.63. The van der Waals surface area contributed by atoms with Crippen LogP contribution in [0.25, 0.3) is 0 Å². The molecule has 3 atom stereocenters. The van der Waals surface area contributed by atoms with Gasteiger partial charge in [0.05, 0.1) is 12.6 Å². The van der Waals surface area contributed by atoms with Crippen molar-refractivity contribution < 1.29 is 9.32 Å². The summed E-state index contributed by atoms with van der Waals surface area (Å²) in [7, 11) is 3.66. The monoisotopic (exact) mass is 369 g/mol. The van der Waals surface area contributed by atoms with Crippen LogP contribution in [0.15, 0.2) is 28.8 Å². The van der Waals surface area contributed by atoms with Crippen LogP contribution in [-0.4, -0.2) is 64.6 Å². The zero-order valence-corrected chi connectivity index (χ0v) is 16.4. The maximum absolute atomic E-state index is 12.9. The van der Waals surface area contributed by atoms with Crippen molar-refractivity contribution in [3.05, 3.63) is 47.1 Å². The molecular weight excluding hydrogens is 342 g/mol. The highest BCUT2D eigenvalue weighted by atomic mass is 16.5. The third-order valence-corrected chi connectivity index (χ3v) is 5.80. The van der Waals surface area contributed by atoms with Crippen LogP contribution in [-0.2, 0) is 6.54 Å². The molecule has 2 saturated heterocycles. The molecule has 1 aromatic carbocycles. The lowest BCUT2D eigenvalue weighted by molar-refractivity contribution is 0.149. The fourth-order valence-electron chi connectivity index (χ4n) is 4.63. The third kappa shape index (κ3) is 3.32. The molecule has 7 heteroatoms. The summed E-state index contributed by atoms with van der Waals surface area (Å²) in [6.07, 6.45) is 0. The number of hydrogen-bond acceptors (Lipinski definition) is 5. The van der Waals surface area contributed by atoms with Crippen LogP contribution in [0.2, 0.25) is 0 Å². The van der Waals surface area contributed by atoms with Gasteiger partial charge in [-0.25, -0.2) is 4.79 Å². The van der Waals surface area contributed by atoms with E-state index >= 15 is 0 Å². The Morgan fingerprint density at radius 1 is 1.22 bits per heavy atom. The van der Waals surface area contributed by atoms with E-state index in [0.717, 1.165) is 19.6 Å². The Morgan fingerprint density at radius 2 is 2.00 bits per heavy atom. The molecule has 144 valence electrons. The summed E-state index contributed by atoms with van der Waals surface area (Å²) in [5, 5.41) is 3.89. The van der Waals surface area contributed by atoms with Crippen LogP contribution in [0.5, 0.6) is 0 Å². The summed E-state index contributed by atoms with van der Waals surface area (Å²) in [5.41, 5.74) is 2.50. The summed E-state index contributed by atoms with van der Waals surface area (Å²) >= 11 is 0. The zero-order chi connectivity index (χ0) is 19.1. The molecule has 0 N–H and O–H groups in total. The quantitative estimate of drug-likeness (QED) is 0.832. The van der Waals surface area contributed by atoms with Gasteiger partial charge in [-0.15, -0.1) is 0 Å². The van der Waals surface area contributed by atoms with Crippen molar-refractivity contribution in [1.82, 2.24) is 24.8 Å². The van der Waals surface area contributed by atoms with E-state index in [1.165, 1.54) is 11.1 Å². The van der Waals surface area contributed by atoms with Gasteiger partial charge in [0.1, 0.15) is 0 Å². The first-order valence-corrected chi connectivity index (χ1v) is 9.49. The Balaban J connectivity index is 1.59. The fraction of sp³-hybridized carbons (Fsp3) is 0.550. The van der Waals surface area contributed by atoms with Crippen molar-refractivity contribution in [3.8, 4) is 0 Å². The van der Waals surface area contributed by atoms with E-state index in [2.05, 4.69) is 51.1 Å². The Labute approximate surface area is 159 Å². The van der Waals surface area contributed by atoms with Crippen molar-refractivity contribution in [1.29, 1.82) is 0 Å². The Kier molecular flexibility index (Phi) is 4.63. The first kappa shape index (κ1) is 18.0. The first-order chi connectivity index (χ1) is 12.9. The van der Waals surface area contributed by atoms with Crippen LogP contribution < -0.4 is 0 Å². The summed E-state index contributed by atoms with van der Waals surface area (Å²) in [6.45, 7) is 7.32. The molecule has 0 unspecified atom stereocenters. The van der Waals surface area contributed by atoms with E-state index in [1.54, 1.807) is 4.90 Å². The van der Waals surface area contributed by atoms with Crippen LogP contribution in [0.1, 0.15) is 28.9 Å². The van der Waals surface area contributed by atoms with E-state index < -0.39 is 0 Å². The van der Waals surface area contributed by atoms with Gasteiger partial charge >= 0.3 is 6.03 Å². The molecule has 0 saturated carbocycles. The summed E-state index contributed by atoms with van der Waals surface area (Å²) < 4.78 is 5.30. The van der Waals surface area contributed by atoms with Crippen molar-refractivity contribution in [2.75, 3.05) is 33.7 Å². The van der Waals surface area contributed by atoms with Gasteiger partial charge in [0.15, 0.2) is 5.82 Å². The minimum Gasteiger partial charge on any atom is -0.338 e. The molecule has 1 aromatic heterocycles. The van der Waals surface area contributed by atoms with E-state index in [1.807, 2.05) is 21.0 Å². The second-order valence-electron chi connectivity index (χ2n) is 7.98. The molecule has 0 bridgehead atoms. The highest BCUT2D eigenvalue weighted by Crippen LogP contribution is 2.46. The Bertz CT molecular complexity index is 833. The topological polar surface area (TPSA) is 65.7 Å². The van der Waals surface area contributed by atoms with Gasteiger partial charge in [0.2, 0.25) is 5.89 Å². The molecule has 2 amide bonds. The van der Waals surface area contributed by atoms with Gasteiger partial charge in [0, 0.05) is 39.6 Å². The lowest BCUT2D eigenvalue weighted by Crippen LogP contribution is -2.41. The van der Waals surface area contributed by atoms with Crippen molar-refractivity contribution in [2.45, 2.75) is 26.4 Å². The van der Waals surface area contributed by atoms with Crippen LogP contribution >= 0.6 is 0 Å². The predicted octanol–water partition coefficient (Wildman–Crippen LogP) is 2.47. The largest absolute Gasteiger partial charge is 0.338 e. The van der Waals surface area contributed by atoms with Gasteiger partial charge in [-0.05, 0) is 30.9 Å². The maximum Gasteiger partial charge on any atom is 0.320 e. The number of nitrogens with zero attached hydrogens (tertiary/aromatic N) is 5. The second-order valence-corrected chi connectivity index (χ2v) is 7.98. The number of carbonyl (C=O) groups excluding carboxylic acids is 1. The summed E-state index contributed by atoms with van der Waals surface area (Å²) in [4.78, 5) is 23.3. The lowest BCUT2D eigenvalue weighted by Gasteiger charge is -2.32. The van der Waals surface area contributed by atoms with E-state index in [9.17, 15) is 4.79 Å². The van der Waals surface area contributed by atoms with Gasteiger partial charge in [-0.2, -0.15) is 4.98 Å². The first-order valence-electron chi connectivity index (χ1n) is 9.49. The number of rotatable bonds is 3. The van der Waals surface area contributed by atoms with Crippen LogP contribution in [0, 0.1) is 25.7 Å². The molecule has 2 fully saturated rings. The number of likely N-dealkylation sites (tertiary alicyclic amines) is 2. The molecule has 0 spiro atoms. The molecular formula is C20H27N5O2. The van der Waals surface area contributed by atoms with Gasteiger partial charge in [-0.1, -0.05) is 29.4 Å². The number of amides is 2. The van der Waals surface area contributed by atoms with Gasteiger partial charge in [0.25, 0.3) is 0 Å². The molecule has 2 aliphatic heterocycles. The predicted molar refractivity (Wildman–Crippen MR) is 101 cm³/mol. The average molecular weight is 369 g/mol. The molecule has 2 aliphatic rings. The number of hydrogen-bond donors (Lipinski definition) is 0. The number of aromatic nitrogens is 2. The zero-order valence-electron chi connectivity index (χ0n) is 16.4. The maximum atomic E-state index is 12.9. The standard InChI is InChI=1S/C20H27N5O2/c1-13-7-5-6-8-16(13)19-17-11-24(12-18-21-14(2)22-27-18)9-15(17)10-25(19)20(26)23(3)4/h5-8,15,17,19H,9-12H2,1-4H3/t15-,17-,19+/m1/s1. The smallest absolute Gasteiger partial charge is 0.320 e. The highest BCUT2D eigenvalue weighted by molar-refractivity contribution is 5.75. The van der Waals surface area contributed by atoms with Crippen molar-refractivity contribution in [3.63, 3.8) is 0 Å². The van der Waals surface area contributed by atoms with E-state index in [-0.39, 0.29) is 12.1 Å². The van der Waals surface area contributed by atoms with Crippen LogP contribution in [0.3, 0.4) is 0 Å². The molecule has 0 aliphatic carbocycles. The minimum absolute atomic E-state index is 0.0942. The van der Waals surface area contributed by atoms with E-state index in [0.29, 0.717) is 30.1 Å². The minimum atomic E-state index is 0.0942. The highest BCUT2D eigenvalue weighted by Gasteiger charge is 2.49. The summed E-state index contributed by atoms with van der Waals surface area (Å²) in [5.74, 6) is 2.22. The third-order valence-electron chi connectivity index (χ3n) is 5.80. The number of benzene rings is 1. The second kappa shape index (κ2) is 6.96. The average Bonchev–Trinajstić information content (AvgIpc) is 3.29. The number of fused-ring (bicyclic) bond motifs is 1. The Morgan fingerprint density at radius 3 is 2.67 bits per heavy atom. The molecule has 7 nitrogen and oxygen atoms in total. The van der Waals surface area contributed by atoms with Crippen molar-refractivity contribution >= 4 is 6.03 Å². The number of aryl methyl sites for hydroxylation is 2. The lowest BCUT2D eigenvalue weighted by atomic mass is 9.88. The van der Waals surface area contributed by atoms with Crippen molar-refractivity contribution in [2.24, 2.45) is 11.8 Å². The Hall–Kier alpha value is -2.41. The van der Waals surface area contributed by atoms with E-state index in [4.69, 9.17) is 4.52 Å². The molecule has 2 aromatic rings. The molecule has 4 rings (SSSR count). The number of carbonyl (C=O) groups is 1. The summed E-state index contributed by atoms with van der Waals surface area (Å²) in [6, 6.07) is 8.64. The molecule has 27 heavy (non-hydrogen) atoms. The SMILES string of the molecule is Cc1noc(CN2C[C@@H]3CN(C(=O)N(C)C)[C@@H](c4ccccc4C)[C@@H]3C2)n1. The van der Waals surface area contributed by atoms with Gasteiger partial charge < -0.3 is 14.3 Å². The normalized spacial score (nSPS) is 25.0. The van der Waals surface area contributed by atoms with Gasteiger partial charge in [-0.3, -0.25) is 4.90 Å².